The number of carbonyl (C=O) groups excluding carboxylic acids is 1. The fourth-order valence-corrected chi connectivity index (χ4v) is 3.97. The van der Waals surface area contributed by atoms with Gasteiger partial charge in [0.1, 0.15) is 11.6 Å². The molecule has 0 aliphatic heterocycles. The zero-order valence-electron chi connectivity index (χ0n) is 17.3. The highest BCUT2D eigenvalue weighted by molar-refractivity contribution is 7.89. The van der Waals surface area contributed by atoms with E-state index in [1.807, 2.05) is 19.9 Å². The van der Waals surface area contributed by atoms with Crippen molar-refractivity contribution in [2.75, 3.05) is 18.4 Å². The van der Waals surface area contributed by atoms with Gasteiger partial charge in [-0.2, -0.15) is 5.10 Å². The molecule has 0 bridgehead atoms. The first-order valence-electron chi connectivity index (χ1n) is 9.39. The molecule has 30 heavy (non-hydrogen) atoms. The van der Waals surface area contributed by atoms with E-state index in [4.69, 9.17) is 0 Å². The molecule has 10 heteroatoms. The number of nitrogens with zero attached hydrogens (tertiary/aromatic N) is 4. The molecule has 1 aromatic carbocycles. The Morgan fingerprint density at radius 1 is 1.03 bits per heavy atom. The summed E-state index contributed by atoms with van der Waals surface area (Å²) in [6.45, 7) is 7.57. The number of hydrogen-bond donors (Lipinski definition) is 2. The summed E-state index contributed by atoms with van der Waals surface area (Å²) in [5.41, 5.74) is 2.32. The highest BCUT2D eigenvalue weighted by Crippen LogP contribution is 2.14. The molecule has 0 amide bonds. The highest BCUT2D eigenvalue weighted by Gasteiger charge is 2.14. The molecule has 0 aliphatic rings. The molecule has 0 atom stereocenters. The van der Waals surface area contributed by atoms with Gasteiger partial charge >= 0.3 is 0 Å². The van der Waals surface area contributed by atoms with Crippen LogP contribution in [0.2, 0.25) is 0 Å². The second-order valence-electron chi connectivity index (χ2n) is 6.90. The molecular formula is C20H24N6O3S. The van der Waals surface area contributed by atoms with Crippen LogP contribution in [0.15, 0.2) is 41.3 Å². The molecule has 9 nitrogen and oxygen atoms in total. The van der Waals surface area contributed by atoms with Crippen LogP contribution in [-0.4, -0.2) is 47.0 Å². The molecular weight excluding hydrogens is 404 g/mol. The predicted octanol–water partition coefficient (Wildman–Crippen LogP) is 2.18. The van der Waals surface area contributed by atoms with E-state index in [0.717, 1.165) is 11.4 Å². The monoisotopic (exact) mass is 428 g/mol. The summed E-state index contributed by atoms with van der Waals surface area (Å²) in [6.07, 6.45) is 0. The van der Waals surface area contributed by atoms with Crippen molar-refractivity contribution in [3.05, 3.63) is 59.2 Å². The van der Waals surface area contributed by atoms with E-state index in [1.54, 1.807) is 17.7 Å². The zero-order chi connectivity index (χ0) is 21.9. The summed E-state index contributed by atoms with van der Waals surface area (Å²) in [5, 5.41) is 7.53. The summed E-state index contributed by atoms with van der Waals surface area (Å²) in [5.74, 6) is 1.68. The van der Waals surface area contributed by atoms with Crippen LogP contribution in [-0.2, 0) is 10.0 Å². The third-order valence-corrected chi connectivity index (χ3v) is 5.82. The number of sulfonamides is 1. The minimum absolute atomic E-state index is 0.109. The van der Waals surface area contributed by atoms with Crippen LogP contribution in [0.4, 0.5) is 5.82 Å². The van der Waals surface area contributed by atoms with Gasteiger partial charge in [0.15, 0.2) is 11.6 Å². The third-order valence-electron chi connectivity index (χ3n) is 4.35. The van der Waals surface area contributed by atoms with Crippen molar-refractivity contribution in [1.29, 1.82) is 0 Å². The second-order valence-corrected chi connectivity index (χ2v) is 8.67. The van der Waals surface area contributed by atoms with E-state index in [1.165, 1.54) is 31.2 Å². The zero-order valence-corrected chi connectivity index (χ0v) is 18.1. The summed E-state index contributed by atoms with van der Waals surface area (Å²) < 4.78 is 29.1. The molecule has 2 aromatic heterocycles. The van der Waals surface area contributed by atoms with E-state index in [2.05, 4.69) is 25.1 Å². The van der Waals surface area contributed by atoms with Crippen molar-refractivity contribution >= 4 is 21.6 Å². The van der Waals surface area contributed by atoms with Crippen LogP contribution in [0.25, 0.3) is 5.82 Å². The number of Topliss-reactive ketones (excluding diaryl/α,β-unsaturated/α-hetero) is 1. The van der Waals surface area contributed by atoms with Gasteiger partial charge in [0, 0.05) is 30.4 Å². The van der Waals surface area contributed by atoms with Crippen molar-refractivity contribution in [2.24, 2.45) is 0 Å². The fraction of sp³-hybridized carbons (Fsp3) is 0.300. The maximum atomic E-state index is 12.4. The first kappa shape index (κ1) is 21.6. The average molecular weight is 429 g/mol. The lowest BCUT2D eigenvalue weighted by atomic mass is 10.2. The van der Waals surface area contributed by atoms with Gasteiger partial charge in [0.25, 0.3) is 0 Å². The Balaban J connectivity index is 1.62. The van der Waals surface area contributed by atoms with E-state index < -0.39 is 10.0 Å². The summed E-state index contributed by atoms with van der Waals surface area (Å²) in [6, 6.07) is 9.56. The number of nitrogens with one attached hydrogen (secondary N) is 2. The van der Waals surface area contributed by atoms with Crippen molar-refractivity contribution < 1.29 is 13.2 Å². The van der Waals surface area contributed by atoms with Crippen molar-refractivity contribution in [3.8, 4) is 5.82 Å². The van der Waals surface area contributed by atoms with Crippen LogP contribution >= 0.6 is 0 Å². The maximum absolute atomic E-state index is 12.4. The quantitative estimate of drug-likeness (QED) is 0.417. The van der Waals surface area contributed by atoms with Gasteiger partial charge in [-0.25, -0.2) is 27.8 Å². The van der Waals surface area contributed by atoms with Gasteiger partial charge < -0.3 is 5.32 Å². The number of aryl methyl sites for hydroxylation is 3. The third kappa shape index (κ3) is 5.08. The molecule has 0 spiro atoms. The highest BCUT2D eigenvalue weighted by atomic mass is 32.2. The van der Waals surface area contributed by atoms with Gasteiger partial charge in [-0.1, -0.05) is 12.1 Å². The maximum Gasteiger partial charge on any atom is 0.240 e. The Morgan fingerprint density at radius 2 is 1.73 bits per heavy atom. The lowest BCUT2D eigenvalue weighted by Crippen LogP contribution is -2.29. The van der Waals surface area contributed by atoms with Crippen LogP contribution < -0.4 is 10.0 Å². The molecule has 0 saturated heterocycles. The molecule has 158 valence electrons. The van der Waals surface area contributed by atoms with E-state index in [9.17, 15) is 13.2 Å². The number of carbonyl (C=O) groups is 1. The Bertz CT molecular complexity index is 1170. The smallest absolute Gasteiger partial charge is 0.240 e. The Labute approximate surface area is 175 Å². The first-order chi connectivity index (χ1) is 14.2. The largest absolute Gasteiger partial charge is 0.369 e. The number of hydrogen-bond acceptors (Lipinski definition) is 7. The molecule has 2 heterocycles. The second kappa shape index (κ2) is 8.72. The fourth-order valence-electron chi connectivity index (χ4n) is 2.94. The molecule has 0 fully saturated rings. The Hall–Kier alpha value is -3.11. The van der Waals surface area contributed by atoms with Crippen LogP contribution in [0, 0.1) is 20.8 Å². The average Bonchev–Trinajstić information content (AvgIpc) is 3.03. The van der Waals surface area contributed by atoms with Crippen LogP contribution in [0.1, 0.15) is 34.5 Å². The normalized spacial score (nSPS) is 11.5. The Morgan fingerprint density at radius 3 is 2.33 bits per heavy atom. The van der Waals surface area contributed by atoms with Crippen molar-refractivity contribution in [3.63, 3.8) is 0 Å². The number of benzene rings is 1. The van der Waals surface area contributed by atoms with E-state index in [0.29, 0.717) is 29.6 Å². The van der Waals surface area contributed by atoms with Gasteiger partial charge in [-0.15, -0.1) is 0 Å². The van der Waals surface area contributed by atoms with Gasteiger partial charge in [0.2, 0.25) is 10.0 Å². The topological polar surface area (TPSA) is 119 Å². The molecule has 0 unspecified atom stereocenters. The molecule has 3 aromatic rings. The summed E-state index contributed by atoms with van der Waals surface area (Å²) >= 11 is 0. The molecule has 0 saturated carbocycles. The number of rotatable bonds is 8. The minimum atomic E-state index is -3.67. The van der Waals surface area contributed by atoms with E-state index in [-0.39, 0.29) is 17.2 Å². The van der Waals surface area contributed by atoms with Gasteiger partial charge in [0.05, 0.1) is 10.6 Å². The summed E-state index contributed by atoms with van der Waals surface area (Å²) in [4.78, 5) is 20.2. The van der Waals surface area contributed by atoms with Crippen LogP contribution in [0.5, 0.6) is 0 Å². The van der Waals surface area contributed by atoms with Crippen molar-refractivity contribution in [2.45, 2.75) is 32.6 Å². The predicted molar refractivity (Wildman–Crippen MR) is 113 cm³/mol. The van der Waals surface area contributed by atoms with E-state index >= 15 is 0 Å². The van der Waals surface area contributed by atoms with Gasteiger partial charge in [-0.05, 0) is 45.9 Å². The summed E-state index contributed by atoms with van der Waals surface area (Å²) in [7, 11) is -3.67. The SMILES string of the molecule is CC(=O)c1ccc(S(=O)(=O)NCCNc2cc(-n3nc(C)cc3C)nc(C)n2)cc1. The minimum Gasteiger partial charge on any atom is -0.369 e. The number of ketones is 1. The molecule has 0 radical (unpaired) electrons. The van der Waals surface area contributed by atoms with Crippen molar-refractivity contribution in [1.82, 2.24) is 24.5 Å². The lowest BCUT2D eigenvalue weighted by molar-refractivity contribution is 0.101. The van der Waals surface area contributed by atoms with Gasteiger partial charge in [-0.3, -0.25) is 4.79 Å². The molecule has 3 rings (SSSR count). The number of aromatic nitrogens is 4. The molecule has 0 aliphatic carbocycles. The Kier molecular flexibility index (Phi) is 6.28. The van der Waals surface area contributed by atoms with Crippen LogP contribution in [0.3, 0.4) is 0 Å². The molecule has 2 N–H and O–H groups in total. The standard InChI is InChI=1S/C20H24N6O3S/c1-13-11-14(2)26(25-13)20-12-19(23-16(4)24-20)21-9-10-22-30(28,29)18-7-5-17(6-8-18)15(3)27/h5-8,11-12,22H,9-10H2,1-4H3,(H,21,23,24). The first-order valence-corrected chi connectivity index (χ1v) is 10.9. The lowest BCUT2D eigenvalue weighted by Gasteiger charge is -2.11. The number of anilines is 1.